The van der Waals surface area contributed by atoms with Crippen molar-refractivity contribution in [1.82, 2.24) is 15.3 Å². The van der Waals surface area contributed by atoms with E-state index in [-0.39, 0.29) is 0 Å². The zero-order chi connectivity index (χ0) is 14.4. The first-order chi connectivity index (χ1) is 10.3. The molecule has 3 heterocycles. The second-order valence-electron chi connectivity index (χ2n) is 5.34. The van der Waals surface area contributed by atoms with Crippen LogP contribution in [0.15, 0.2) is 28.9 Å². The maximum atomic E-state index is 6.08. The Bertz CT molecular complexity index is 816. The topological polar surface area (TPSA) is 54.2 Å². The number of halogens is 1. The second kappa shape index (κ2) is 4.86. The molecule has 1 saturated heterocycles. The number of nitrogens with one attached hydrogen (secondary N) is 1. The van der Waals surface area contributed by atoms with Gasteiger partial charge in [-0.2, -0.15) is 0 Å². The van der Waals surface area contributed by atoms with Crippen LogP contribution >= 0.6 is 11.6 Å². The molecule has 21 heavy (non-hydrogen) atoms. The van der Waals surface area contributed by atoms with E-state index in [0.717, 1.165) is 47.4 Å². The molecule has 4 rings (SSSR count). The number of anilines is 1. The summed E-state index contributed by atoms with van der Waals surface area (Å²) in [5, 5.41) is 4.93. The minimum atomic E-state index is 0.494. The number of benzene rings is 1. The molecule has 1 aliphatic rings. The van der Waals surface area contributed by atoms with Gasteiger partial charge in [-0.3, -0.25) is 0 Å². The van der Waals surface area contributed by atoms with E-state index in [1.54, 1.807) is 6.33 Å². The molecule has 108 valence electrons. The summed E-state index contributed by atoms with van der Waals surface area (Å²) < 4.78 is 5.97. The molecule has 0 saturated carbocycles. The van der Waals surface area contributed by atoms with Gasteiger partial charge in [-0.1, -0.05) is 11.6 Å². The van der Waals surface area contributed by atoms with Gasteiger partial charge in [0.15, 0.2) is 11.4 Å². The van der Waals surface area contributed by atoms with Crippen LogP contribution in [0, 0.1) is 0 Å². The van der Waals surface area contributed by atoms with Crippen LogP contribution in [0.4, 0.5) is 5.82 Å². The van der Waals surface area contributed by atoms with Gasteiger partial charge in [0.25, 0.3) is 0 Å². The van der Waals surface area contributed by atoms with Gasteiger partial charge >= 0.3 is 0 Å². The summed E-state index contributed by atoms with van der Waals surface area (Å²) in [5.41, 5.74) is 2.36. The number of hydrogen-bond donors (Lipinski definition) is 1. The first-order valence-corrected chi connectivity index (χ1v) is 7.39. The molecule has 1 fully saturated rings. The smallest absolute Gasteiger partial charge is 0.196 e. The third kappa shape index (κ3) is 2.04. The minimum Gasteiger partial charge on any atom is -0.450 e. The lowest BCUT2D eigenvalue weighted by molar-refractivity contribution is 0.615. The van der Waals surface area contributed by atoms with Crippen LogP contribution in [0.5, 0.6) is 0 Å². The zero-order valence-electron chi connectivity index (χ0n) is 11.6. The molecular formula is C15H15ClN4O. The number of aromatic nitrogens is 2. The number of nitrogens with zero attached hydrogens (tertiary/aromatic N) is 3. The summed E-state index contributed by atoms with van der Waals surface area (Å²) in [6.07, 6.45) is 2.70. The molecule has 1 atom stereocenters. The molecule has 2 aromatic heterocycles. The number of likely N-dealkylation sites (N-methyl/N-ethyl adjacent to an activating group) is 1. The molecule has 1 N–H and O–H groups in total. The fourth-order valence-electron chi connectivity index (χ4n) is 2.95. The van der Waals surface area contributed by atoms with Crippen LogP contribution in [-0.4, -0.2) is 36.1 Å². The molecule has 0 radical (unpaired) electrons. The lowest BCUT2D eigenvalue weighted by Gasteiger charge is -2.16. The highest BCUT2D eigenvalue weighted by molar-refractivity contribution is 6.31. The van der Waals surface area contributed by atoms with Crippen LogP contribution in [-0.2, 0) is 0 Å². The standard InChI is InChI=1S/C15H15ClN4O/c1-17-10-4-5-20(7-10)15-14-13(18-8-19-15)11-6-9(16)2-3-12(11)21-14/h2-3,6,8,10,17H,4-5,7H2,1H3. The van der Waals surface area contributed by atoms with E-state index < -0.39 is 0 Å². The van der Waals surface area contributed by atoms with Crippen molar-refractivity contribution in [1.29, 1.82) is 0 Å². The molecule has 1 aromatic carbocycles. The monoisotopic (exact) mass is 302 g/mol. The van der Waals surface area contributed by atoms with Gasteiger partial charge < -0.3 is 14.6 Å². The van der Waals surface area contributed by atoms with Gasteiger partial charge in [0.05, 0.1) is 0 Å². The molecule has 6 heteroatoms. The van der Waals surface area contributed by atoms with Crippen LogP contribution in [0.3, 0.4) is 0 Å². The Labute approximate surface area is 126 Å². The van der Waals surface area contributed by atoms with Gasteiger partial charge in [0.2, 0.25) is 0 Å². The van der Waals surface area contributed by atoms with Crippen molar-refractivity contribution < 1.29 is 4.42 Å². The van der Waals surface area contributed by atoms with Crippen molar-refractivity contribution in [3.8, 4) is 0 Å². The fourth-order valence-corrected chi connectivity index (χ4v) is 3.12. The van der Waals surface area contributed by atoms with E-state index >= 15 is 0 Å². The summed E-state index contributed by atoms with van der Waals surface area (Å²) in [6, 6.07) is 6.09. The highest BCUT2D eigenvalue weighted by Crippen LogP contribution is 2.34. The predicted octanol–water partition coefficient (Wildman–Crippen LogP) is 2.83. The van der Waals surface area contributed by atoms with Crippen molar-refractivity contribution in [2.75, 3.05) is 25.0 Å². The molecule has 1 unspecified atom stereocenters. The third-order valence-corrected chi connectivity index (χ3v) is 4.32. The molecule has 0 amide bonds. The summed E-state index contributed by atoms with van der Waals surface area (Å²) in [7, 11) is 1.99. The van der Waals surface area contributed by atoms with Crippen molar-refractivity contribution in [3.63, 3.8) is 0 Å². The first-order valence-electron chi connectivity index (χ1n) is 7.01. The molecule has 3 aromatic rings. The molecule has 0 aliphatic carbocycles. The van der Waals surface area contributed by atoms with Gasteiger partial charge in [-0.05, 0) is 31.7 Å². The van der Waals surface area contributed by atoms with Gasteiger partial charge in [-0.15, -0.1) is 0 Å². The molecule has 0 spiro atoms. The maximum Gasteiger partial charge on any atom is 0.196 e. The number of rotatable bonds is 2. The van der Waals surface area contributed by atoms with Gasteiger partial charge in [0.1, 0.15) is 17.4 Å². The van der Waals surface area contributed by atoms with E-state index in [1.807, 2.05) is 25.2 Å². The van der Waals surface area contributed by atoms with Crippen LogP contribution in [0.1, 0.15) is 6.42 Å². The van der Waals surface area contributed by atoms with Crippen molar-refractivity contribution in [3.05, 3.63) is 29.5 Å². The van der Waals surface area contributed by atoms with Crippen LogP contribution < -0.4 is 10.2 Å². The summed E-state index contributed by atoms with van der Waals surface area (Å²) in [5.74, 6) is 0.866. The Morgan fingerprint density at radius 3 is 3.10 bits per heavy atom. The zero-order valence-corrected chi connectivity index (χ0v) is 12.4. The summed E-state index contributed by atoms with van der Waals surface area (Å²) in [4.78, 5) is 11.1. The van der Waals surface area contributed by atoms with Crippen LogP contribution in [0.25, 0.3) is 22.1 Å². The number of fused-ring (bicyclic) bond motifs is 3. The lowest BCUT2D eigenvalue weighted by Crippen LogP contribution is -2.29. The van der Waals surface area contributed by atoms with Crippen LogP contribution in [0.2, 0.25) is 5.02 Å². The fraction of sp³-hybridized carbons (Fsp3) is 0.333. The van der Waals surface area contributed by atoms with Gasteiger partial charge in [-0.25, -0.2) is 9.97 Å². The summed E-state index contributed by atoms with van der Waals surface area (Å²) >= 11 is 6.08. The Kier molecular flexibility index (Phi) is 2.97. The Hall–Kier alpha value is -1.85. The SMILES string of the molecule is CNC1CCN(c2ncnc3c2oc2ccc(Cl)cc23)C1. The number of furan rings is 1. The first kappa shape index (κ1) is 12.9. The summed E-state index contributed by atoms with van der Waals surface area (Å²) in [6.45, 7) is 1.90. The quantitative estimate of drug-likeness (QED) is 0.789. The average molecular weight is 303 g/mol. The Balaban J connectivity index is 1.88. The molecule has 1 aliphatic heterocycles. The van der Waals surface area contributed by atoms with E-state index in [4.69, 9.17) is 16.0 Å². The molecule has 5 nitrogen and oxygen atoms in total. The van der Waals surface area contributed by atoms with Crippen molar-refractivity contribution in [2.24, 2.45) is 0 Å². The maximum absolute atomic E-state index is 6.08. The average Bonchev–Trinajstić information content (AvgIpc) is 3.11. The minimum absolute atomic E-state index is 0.494. The lowest BCUT2D eigenvalue weighted by atomic mass is 10.2. The normalized spacial score (nSPS) is 19.0. The van der Waals surface area contributed by atoms with Gasteiger partial charge in [0, 0.05) is 29.5 Å². The molecular weight excluding hydrogens is 288 g/mol. The Morgan fingerprint density at radius 1 is 1.38 bits per heavy atom. The van der Waals surface area contributed by atoms with E-state index in [9.17, 15) is 0 Å². The highest BCUT2D eigenvalue weighted by Gasteiger charge is 2.25. The second-order valence-corrected chi connectivity index (χ2v) is 5.77. The largest absolute Gasteiger partial charge is 0.450 e. The van der Waals surface area contributed by atoms with Crippen molar-refractivity contribution >= 4 is 39.5 Å². The Morgan fingerprint density at radius 2 is 2.29 bits per heavy atom. The van der Waals surface area contributed by atoms with E-state index in [2.05, 4.69) is 20.2 Å². The van der Waals surface area contributed by atoms with E-state index in [0.29, 0.717) is 11.1 Å². The van der Waals surface area contributed by atoms with Crippen molar-refractivity contribution in [2.45, 2.75) is 12.5 Å². The highest BCUT2D eigenvalue weighted by atomic mass is 35.5. The predicted molar refractivity (Wildman–Crippen MR) is 84.0 cm³/mol. The third-order valence-electron chi connectivity index (χ3n) is 4.09. The molecule has 0 bridgehead atoms. The number of hydrogen-bond acceptors (Lipinski definition) is 5. The van der Waals surface area contributed by atoms with E-state index in [1.165, 1.54) is 0 Å².